The van der Waals surface area contributed by atoms with Crippen LogP contribution in [0.25, 0.3) is 0 Å². The van der Waals surface area contributed by atoms with Gasteiger partial charge in [0.05, 0.1) is 16.7 Å². The summed E-state index contributed by atoms with van der Waals surface area (Å²) in [7, 11) is 0. The van der Waals surface area contributed by atoms with Crippen LogP contribution >= 0.6 is 11.3 Å². The summed E-state index contributed by atoms with van der Waals surface area (Å²) >= 11 is 1.71. The molecule has 1 heterocycles. The average Bonchev–Trinajstić information content (AvgIpc) is 2.71. The fraction of sp³-hybridized carbons (Fsp3) is 0.400. The highest BCUT2D eigenvalue weighted by Crippen LogP contribution is 2.25. The molecular weight excluding hydrogens is 240 g/mol. The Balaban J connectivity index is 2.40. The van der Waals surface area contributed by atoms with Gasteiger partial charge in [0.1, 0.15) is 0 Å². The van der Waals surface area contributed by atoms with E-state index >= 15 is 0 Å². The maximum Gasteiger partial charge on any atom is 0.0898 e. The topological polar surface area (TPSA) is 24.9 Å². The molecule has 3 heteroatoms. The molecule has 1 atom stereocenters. The number of rotatable bonds is 4. The standard InChI is InChI=1S/C15H20N2S/c1-5-16-15(14-9-18-12(4)17-14)13-7-10(2)6-11(3)8-13/h6-9,15-16H,5H2,1-4H3. The number of hydrogen-bond donors (Lipinski definition) is 1. The highest BCUT2D eigenvalue weighted by atomic mass is 32.1. The van der Waals surface area contributed by atoms with Crippen molar-refractivity contribution in [3.05, 3.63) is 51.0 Å². The highest BCUT2D eigenvalue weighted by Gasteiger charge is 2.16. The Morgan fingerprint density at radius 3 is 2.33 bits per heavy atom. The zero-order valence-electron chi connectivity index (χ0n) is 11.4. The van der Waals surface area contributed by atoms with E-state index in [0.717, 1.165) is 17.2 Å². The van der Waals surface area contributed by atoms with Crippen LogP contribution in [0.15, 0.2) is 23.6 Å². The molecule has 0 aliphatic carbocycles. The predicted octanol–water partition coefficient (Wildman–Crippen LogP) is 3.77. The first-order chi connectivity index (χ1) is 8.60. The van der Waals surface area contributed by atoms with Gasteiger partial charge in [-0.1, -0.05) is 36.2 Å². The molecule has 1 unspecified atom stereocenters. The van der Waals surface area contributed by atoms with E-state index in [1.807, 2.05) is 0 Å². The van der Waals surface area contributed by atoms with Gasteiger partial charge in [0.25, 0.3) is 0 Å². The molecule has 1 aromatic heterocycles. The van der Waals surface area contributed by atoms with Crippen molar-refractivity contribution < 1.29 is 0 Å². The molecule has 0 amide bonds. The molecule has 2 aromatic rings. The first-order valence-electron chi connectivity index (χ1n) is 6.33. The maximum absolute atomic E-state index is 4.62. The molecular formula is C15H20N2S. The number of aryl methyl sites for hydroxylation is 3. The van der Waals surface area contributed by atoms with Crippen molar-refractivity contribution in [3.63, 3.8) is 0 Å². The number of nitrogens with zero attached hydrogens (tertiary/aromatic N) is 1. The van der Waals surface area contributed by atoms with Crippen LogP contribution in [0.2, 0.25) is 0 Å². The van der Waals surface area contributed by atoms with Crippen molar-refractivity contribution in [3.8, 4) is 0 Å². The van der Waals surface area contributed by atoms with Gasteiger partial charge in [0, 0.05) is 5.38 Å². The Morgan fingerprint density at radius 2 is 1.83 bits per heavy atom. The molecule has 1 N–H and O–H groups in total. The lowest BCUT2D eigenvalue weighted by Gasteiger charge is -2.17. The van der Waals surface area contributed by atoms with Gasteiger partial charge < -0.3 is 5.32 Å². The van der Waals surface area contributed by atoms with E-state index in [9.17, 15) is 0 Å². The number of nitrogens with one attached hydrogen (secondary N) is 1. The summed E-state index contributed by atoms with van der Waals surface area (Å²) in [5.41, 5.74) is 5.05. The van der Waals surface area contributed by atoms with E-state index in [0.29, 0.717) is 0 Å². The van der Waals surface area contributed by atoms with E-state index in [1.54, 1.807) is 11.3 Å². The van der Waals surface area contributed by atoms with E-state index in [4.69, 9.17) is 0 Å². The summed E-state index contributed by atoms with van der Waals surface area (Å²) in [6.45, 7) is 9.42. The Kier molecular flexibility index (Phi) is 4.15. The Hall–Kier alpha value is -1.19. The second-order valence-corrected chi connectivity index (χ2v) is 5.77. The molecule has 2 nitrogen and oxygen atoms in total. The Morgan fingerprint density at radius 1 is 1.17 bits per heavy atom. The first-order valence-corrected chi connectivity index (χ1v) is 7.21. The fourth-order valence-corrected chi connectivity index (χ4v) is 2.92. The van der Waals surface area contributed by atoms with Gasteiger partial charge in [-0.15, -0.1) is 11.3 Å². The van der Waals surface area contributed by atoms with Crippen molar-refractivity contribution in [1.82, 2.24) is 10.3 Å². The van der Waals surface area contributed by atoms with E-state index < -0.39 is 0 Å². The molecule has 0 saturated carbocycles. The zero-order valence-corrected chi connectivity index (χ0v) is 12.3. The third kappa shape index (κ3) is 2.98. The number of hydrogen-bond acceptors (Lipinski definition) is 3. The second-order valence-electron chi connectivity index (χ2n) is 4.70. The van der Waals surface area contributed by atoms with Crippen molar-refractivity contribution in [1.29, 1.82) is 0 Å². The third-order valence-electron chi connectivity index (χ3n) is 2.92. The van der Waals surface area contributed by atoms with Crippen molar-refractivity contribution in [2.45, 2.75) is 33.7 Å². The molecule has 0 radical (unpaired) electrons. The smallest absolute Gasteiger partial charge is 0.0898 e. The van der Waals surface area contributed by atoms with Crippen LogP contribution in [0, 0.1) is 20.8 Å². The van der Waals surface area contributed by atoms with Crippen LogP contribution in [-0.4, -0.2) is 11.5 Å². The minimum Gasteiger partial charge on any atom is -0.305 e. The molecule has 96 valence electrons. The molecule has 2 rings (SSSR count). The van der Waals surface area contributed by atoms with Gasteiger partial charge in [0.2, 0.25) is 0 Å². The quantitative estimate of drug-likeness (QED) is 0.905. The van der Waals surface area contributed by atoms with E-state index in [-0.39, 0.29) is 6.04 Å². The molecule has 0 bridgehead atoms. The van der Waals surface area contributed by atoms with Crippen LogP contribution in [-0.2, 0) is 0 Å². The lowest BCUT2D eigenvalue weighted by Crippen LogP contribution is -2.22. The Bertz CT molecular complexity index is 511. The zero-order chi connectivity index (χ0) is 13.1. The van der Waals surface area contributed by atoms with Crippen molar-refractivity contribution >= 4 is 11.3 Å². The summed E-state index contributed by atoms with van der Waals surface area (Å²) in [6, 6.07) is 6.90. The predicted molar refractivity (Wildman–Crippen MR) is 78.3 cm³/mol. The average molecular weight is 260 g/mol. The summed E-state index contributed by atoms with van der Waals surface area (Å²) in [6.07, 6.45) is 0. The SMILES string of the molecule is CCNC(c1cc(C)cc(C)c1)c1csc(C)n1. The molecule has 0 spiro atoms. The second kappa shape index (κ2) is 5.63. The van der Waals surface area contributed by atoms with Gasteiger partial charge in [-0.2, -0.15) is 0 Å². The third-order valence-corrected chi connectivity index (χ3v) is 3.71. The first kappa shape index (κ1) is 13.2. The summed E-state index contributed by atoms with van der Waals surface area (Å²) in [5.74, 6) is 0. The largest absolute Gasteiger partial charge is 0.305 e. The van der Waals surface area contributed by atoms with Gasteiger partial charge in [-0.05, 0) is 32.9 Å². The molecule has 0 aliphatic rings. The van der Waals surface area contributed by atoms with E-state index in [2.05, 4.69) is 61.6 Å². The van der Waals surface area contributed by atoms with Crippen LogP contribution < -0.4 is 5.32 Å². The molecule has 0 fully saturated rings. The molecule has 1 aromatic carbocycles. The molecule has 18 heavy (non-hydrogen) atoms. The van der Waals surface area contributed by atoms with Gasteiger partial charge >= 0.3 is 0 Å². The maximum atomic E-state index is 4.62. The summed E-state index contributed by atoms with van der Waals surface area (Å²) in [4.78, 5) is 4.62. The molecule has 0 saturated heterocycles. The normalized spacial score (nSPS) is 12.7. The number of aromatic nitrogens is 1. The summed E-state index contributed by atoms with van der Waals surface area (Å²) in [5, 5.41) is 6.80. The lowest BCUT2D eigenvalue weighted by atomic mass is 9.99. The van der Waals surface area contributed by atoms with E-state index in [1.165, 1.54) is 16.7 Å². The summed E-state index contributed by atoms with van der Waals surface area (Å²) < 4.78 is 0. The van der Waals surface area contributed by atoms with Gasteiger partial charge in [0.15, 0.2) is 0 Å². The lowest BCUT2D eigenvalue weighted by molar-refractivity contribution is 0.617. The van der Waals surface area contributed by atoms with Crippen LogP contribution in [0.3, 0.4) is 0 Å². The van der Waals surface area contributed by atoms with Crippen LogP contribution in [0.1, 0.15) is 40.4 Å². The fourth-order valence-electron chi connectivity index (χ4n) is 2.29. The Labute approximate surface area is 113 Å². The minimum atomic E-state index is 0.207. The number of benzene rings is 1. The van der Waals surface area contributed by atoms with Crippen LogP contribution in [0.4, 0.5) is 0 Å². The molecule has 0 aliphatic heterocycles. The van der Waals surface area contributed by atoms with Gasteiger partial charge in [-0.3, -0.25) is 0 Å². The van der Waals surface area contributed by atoms with Gasteiger partial charge in [-0.25, -0.2) is 4.98 Å². The van der Waals surface area contributed by atoms with Crippen molar-refractivity contribution in [2.75, 3.05) is 6.54 Å². The van der Waals surface area contributed by atoms with Crippen molar-refractivity contribution in [2.24, 2.45) is 0 Å². The van der Waals surface area contributed by atoms with Crippen LogP contribution in [0.5, 0.6) is 0 Å². The minimum absolute atomic E-state index is 0.207. The highest BCUT2D eigenvalue weighted by molar-refractivity contribution is 7.09. The monoisotopic (exact) mass is 260 g/mol. The number of thiazole rings is 1.